The third kappa shape index (κ3) is 3.73. The largest absolute Gasteiger partial charge is 0.481 e. The molecular weight excluding hydrogens is 274 g/mol. The zero-order chi connectivity index (χ0) is 15.5. The van der Waals surface area contributed by atoms with Gasteiger partial charge in [-0.1, -0.05) is 0 Å². The number of nitriles is 1. The average Bonchev–Trinajstić information content (AvgIpc) is 2.83. The zero-order valence-electron chi connectivity index (χ0n) is 12.3. The molecule has 4 unspecified atom stereocenters. The van der Waals surface area contributed by atoms with Crippen LogP contribution in [0.15, 0.2) is 0 Å². The standard InChI is InChI=1S/C15H23NO5/c1-10(8-16)6-11-2-4-13-15(9-17,21-11)7-12(20-13)3-5-14(18)19/h10-13,17H,2-7,9H2,1H3,(H,18,19)/t10-,11?,12?,13?,15?/m1/s1. The Morgan fingerprint density at radius 2 is 2.24 bits per heavy atom. The number of carbonyl (C=O) groups is 1. The van der Waals surface area contributed by atoms with Crippen LogP contribution in [0.1, 0.15) is 45.4 Å². The number of carboxylic acids is 1. The Morgan fingerprint density at radius 3 is 2.86 bits per heavy atom. The Hall–Kier alpha value is -1.16. The molecule has 0 bridgehead atoms. The number of ether oxygens (including phenoxy) is 2. The number of aliphatic hydroxyl groups is 1. The van der Waals surface area contributed by atoms with Crippen molar-refractivity contribution in [3.05, 3.63) is 0 Å². The molecule has 2 saturated heterocycles. The van der Waals surface area contributed by atoms with Crippen LogP contribution >= 0.6 is 0 Å². The number of carboxylic acid groups (broad SMARTS) is 1. The van der Waals surface area contributed by atoms with Crippen LogP contribution < -0.4 is 0 Å². The molecule has 0 aromatic rings. The normalized spacial score (nSPS) is 36.7. The lowest BCUT2D eigenvalue weighted by Gasteiger charge is -2.41. The van der Waals surface area contributed by atoms with E-state index in [0.717, 1.165) is 12.8 Å². The van der Waals surface area contributed by atoms with Gasteiger partial charge in [0.15, 0.2) is 0 Å². The smallest absolute Gasteiger partial charge is 0.303 e. The summed E-state index contributed by atoms with van der Waals surface area (Å²) in [6.45, 7) is 1.74. The fraction of sp³-hybridized carbons (Fsp3) is 0.867. The number of aliphatic hydroxyl groups excluding tert-OH is 1. The fourth-order valence-electron chi connectivity index (χ4n) is 3.38. The van der Waals surface area contributed by atoms with Crippen LogP contribution in [0, 0.1) is 17.2 Å². The van der Waals surface area contributed by atoms with Crippen LogP contribution in [0.3, 0.4) is 0 Å². The second-order valence-electron chi connectivity index (χ2n) is 6.19. The first-order chi connectivity index (χ1) is 9.99. The van der Waals surface area contributed by atoms with E-state index in [1.54, 1.807) is 0 Å². The van der Waals surface area contributed by atoms with Crippen molar-refractivity contribution in [2.75, 3.05) is 6.61 Å². The van der Waals surface area contributed by atoms with E-state index in [9.17, 15) is 9.90 Å². The van der Waals surface area contributed by atoms with Gasteiger partial charge in [-0.15, -0.1) is 0 Å². The molecule has 2 aliphatic rings. The molecule has 0 amide bonds. The van der Waals surface area contributed by atoms with E-state index in [2.05, 4.69) is 6.07 Å². The van der Waals surface area contributed by atoms with Gasteiger partial charge in [0.25, 0.3) is 0 Å². The third-order valence-corrected chi connectivity index (χ3v) is 4.45. The van der Waals surface area contributed by atoms with Crippen molar-refractivity contribution in [1.82, 2.24) is 0 Å². The minimum Gasteiger partial charge on any atom is -0.481 e. The van der Waals surface area contributed by atoms with Gasteiger partial charge in [-0.2, -0.15) is 5.26 Å². The molecule has 2 heterocycles. The van der Waals surface area contributed by atoms with E-state index in [-0.39, 0.29) is 37.3 Å². The first-order valence-corrected chi connectivity index (χ1v) is 7.54. The van der Waals surface area contributed by atoms with Gasteiger partial charge in [0, 0.05) is 18.8 Å². The highest BCUT2D eigenvalue weighted by molar-refractivity contribution is 5.66. The predicted octanol–water partition coefficient (Wildman–Crippen LogP) is 1.47. The Kier molecular flexibility index (Phi) is 5.20. The van der Waals surface area contributed by atoms with Crippen molar-refractivity contribution in [2.24, 2.45) is 5.92 Å². The molecule has 118 valence electrons. The molecule has 2 rings (SSSR count). The SMILES string of the molecule is C[C@@H](C#N)CC1CCC2OC(CCC(=O)O)CC2(CO)O1. The second-order valence-corrected chi connectivity index (χ2v) is 6.19. The first-order valence-electron chi connectivity index (χ1n) is 7.54. The molecule has 6 nitrogen and oxygen atoms in total. The molecule has 2 aliphatic heterocycles. The molecule has 21 heavy (non-hydrogen) atoms. The molecule has 0 saturated carbocycles. The summed E-state index contributed by atoms with van der Waals surface area (Å²) in [4.78, 5) is 10.7. The minimum atomic E-state index is -0.840. The fourth-order valence-corrected chi connectivity index (χ4v) is 3.38. The van der Waals surface area contributed by atoms with Crippen LogP contribution in [0.5, 0.6) is 0 Å². The van der Waals surface area contributed by atoms with Crippen molar-refractivity contribution < 1.29 is 24.5 Å². The van der Waals surface area contributed by atoms with Gasteiger partial charge >= 0.3 is 5.97 Å². The van der Waals surface area contributed by atoms with E-state index in [1.165, 1.54) is 0 Å². The Morgan fingerprint density at radius 1 is 1.48 bits per heavy atom. The lowest BCUT2D eigenvalue weighted by Crippen LogP contribution is -2.51. The number of hydrogen-bond donors (Lipinski definition) is 2. The predicted molar refractivity (Wildman–Crippen MR) is 73.5 cm³/mol. The maximum atomic E-state index is 10.7. The van der Waals surface area contributed by atoms with Gasteiger partial charge in [-0.25, -0.2) is 0 Å². The Bertz CT molecular complexity index is 421. The van der Waals surface area contributed by atoms with Crippen molar-refractivity contribution in [3.8, 4) is 6.07 Å². The molecule has 2 N–H and O–H groups in total. The summed E-state index contributed by atoms with van der Waals surface area (Å²) in [5, 5.41) is 27.4. The summed E-state index contributed by atoms with van der Waals surface area (Å²) in [7, 11) is 0. The highest BCUT2D eigenvalue weighted by Crippen LogP contribution is 2.43. The number of rotatable bonds is 6. The molecule has 5 atom stereocenters. The summed E-state index contributed by atoms with van der Waals surface area (Å²) in [6.07, 6.45) is 2.90. The molecular formula is C15H23NO5. The summed E-state index contributed by atoms with van der Waals surface area (Å²) in [6, 6.07) is 2.20. The van der Waals surface area contributed by atoms with Crippen molar-refractivity contribution in [2.45, 2.75) is 69.4 Å². The maximum absolute atomic E-state index is 10.7. The van der Waals surface area contributed by atoms with Gasteiger partial charge in [0.05, 0.1) is 31.0 Å². The highest BCUT2D eigenvalue weighted by Gasteiger charge is 2.52. The van der Waals surface area contributed by atoms with E-state index in [0.29, 0.717) is 19.3 Å². The van der Waals surface area contributed by atoms with Crippen LogP contribution in [-0.4, -0.2) is 46.7 Å². The van der Waals surface area contributed by atoms with Gasteiger partial charge in [-0.05, 0) is 32.6 Å². The molecule has 0 aromatic carbocycles. The van der Waals surface area contributed by atoms with Crippen molar-refractivity contribution in [3.63, 3.8) is 0 Å². The van der Waals surface area contributed by atoms with Crippen molar-refractivity contribution in [1.29, 1.82) is 5.26 Å². The quantitative estimate of drug-likeness (QED) is 0.770. The summed E-state index contributed by atoms with van der Waals surface area (Å²) >= 11 is 0. The molecule has 2 fully saturated rings. The number of hydrogen-bond acceptors (Lipinski definition) is 5. The van der Waals surface area contributed by atoms with Crippen LogP contribution in [0.2, 0.25) is 0 Å². The first kappa shape index (κ1) is 16.2. The number of nitrogens with zero attached hydrogens (tertiary/aromatic N) is 1. The number of aliphatic carboxylic acids is 1. The van der Waals surface area contributed by atoms with Crippen molar-refractivity contribution >= 4 is 5.97 Å². The van der Waals surface area contributed by atoms with Gasteiger partial charge in [0.2, 0.25) is 0 Å². The lowest BCUT2D eigenvalue weighted by atomic mass is 9.85. The van der Waals surface area contributed by atoms with E-state index < -0.39 is 11.6 Å². The molecule has 0 radical (unpaired) electrons. The van der Waals surface area contributed by atoms with Crippen LogP contribution in [0.4, 0.5) is 0 Å². The van der Waals surface area contributed by atoms with E-state index in [4.69, 9.17) is 19.8 Å². The maximum Gasteiger partial charge on any atom is 0.303 e. The Balaban J connectivity index is 1.97. The lowest BCUT2D eigenvalue weighted by molar-refractivity contribution is -0.185. The van der Waals surface area contributed by atoms with E-state index >= 15 is 0 Å². The third-order valence-electron chi connectivity index (χ3n) is 4.45. The van der Waals surface area contributed by atoms with Gasteiger partial charge in [-0.3, -0.25) is 4.79 Å². The number of fused-ring (bicyclic) bond motifs is 1. The summed E-state index contributed by atoms with van der Waals surface area (Å²) in [5.74, 6) is -0.916. The topological polar surface area (TPSA) is 99.8 Å². The van der Waals surface area contributed by atoms with Gasteiger partial charge < -0.3 is 19.7 Å². The molecule has 0 aromatic heterocycles. The monoisotopic (exact) mass is 297 g/mol. The summed E-state index contributed by atoms with van der Waals surface area (Å²) in [5.41, 5.74) is -0.721. The average molecular weight is 297 g/mol. The molecule has 0 spiro atoms. The van der Waals surface area contributed by atoms with Crippen LogP contribution in [-0.2, 0) is 14.3 Å². The highest BCUT2D eigenvalue weighted by atomic mass is 16.6. The van der Waals surface area contributed by atoms with Crippen LogP contribution in [0.25, 0.3) is 0 Å². The molecule has 0 aliphatic carbocycles. The Labute approximate surface area is 124 Å². The van der Waals surface area contributed by atoms with E-state index in [1.807, 2.05) is 6.92 Å². The second kappa shape index (κ2) is 6.73. The summed E-state index contributed by atoms with van der Waals surface area (Å²) < 4.78 is 12.0. The minimum absolute atomic E-state index is 0.0372. The zero-order valence-corrected chi connectivity index (χ0v) is 12.3. The molecule has 6 heteroatoms. The van der Waals surface area contributed by atoms with Gasteiger partial charge in [0.1, 0.15) is 5.60 Å².